The van der Waals surface area contributed by atoms with Crippen LogP contribution in [-0.4, -0.2) is 39.4 Å². The maximum absolute atomic E-state index is 15.7. The number of benzene rings is 2. The molecule has 3 N–H and O–H groups in total. The summed E-state index contributed by atoms with van der Waals surface area (Å²) in [6.45, 7) is 1.43. The van der Waals surface area contributed by atoms with E-state index in [0.29, 0.717) is 5.56 Å². The number of carbonyl (C=O) groups is 1. The lowest BCUT2D eigenvalue weighted by Crippen LogP contribution is -2.62. The molecular weight excluding hydrogens is 500 g/mol. The van der Waals surface area contributed by atoms with E-state index in [1.165, 1.54) is 13.0 Å². The van der Waals surface area contributed by atoms with Gasteiger partial charge >= 0.3 is 12.1 Å². The average Bonchev–Trinajstić information content (AvgIpc) is 3.03. The van der Waals surface area contributed by atoms with Crippen LogP contribution in [0.3, 0.4) is 0 Å². The van der Waals surface area contributed by atoms with E-state index in [9.17, 15) is 37.0 Å². The maximum atomic E-state index is 15.7. The molecule has 2 aromatic rings. The van der Waals surface area contributed by atoms with E-state index in [0.717, 1.165) is 0 Å². The molecule has 0 aromatic heterocycles. The fraction of sp³-hybridized carbons (Fsp3) is 0.375. The van der Waals surface area contributed by atoms with Gasteiger partial charge in [0.15, 0.2) is 0 Å². The highest BCUT2D eigenvalue weighted by Crippen LogP contribution is 2.53. The van der Waals surface area contributed by atoms with E-state index in [2.05, 4.69) is 5.32 Å². The number of amides is 1. The van der Waals surface area contributed by atoms with Gasteiger partial charge in [0.1, 0.15) is 17.2 Å². The number of carbonyl (C=O) groups excluding carboxylic acids is 1. The summed E-state index contributed by atoms with van der Waals surface area (Å²) in [4.78, 5) is 12.9. The zero-order valence-electron chi connectivity index (χ0n) is 18.2. The van der Waals surface area contributed by atoms with Crippen molar-refractivity contribution in [3.63, 3.8) is 0 Å². The first-order valence-corrected chi connectivity index (χ1v) is 11.0. The molecule has 1 heterocycles. The Morgan fingerprint density at radius 2 is 1.60 bits per heavy atom. The number of aliphatic hydroxyl groups excluding tert-OH is 1. The lowest BCUT2D eigenvalue weighted by atomic mass is 9.70. The highest BCUT2D eigenvalue weighted by molar-refractivity contribution is 6.33. The van der Waals surface area contributed by atoms with E-state index < -0.39 is 72.0 Å². The second-order valence-corrected chi connectivity index (χ2v) is 9.36. The fourth-order valence-corrected chi connectivity index (χ4v) is 4.99. The molecule has 1 amide bonds. The Morgan fingerprint density at radius 3 is 2.14 bits per heavy atom. The normalized spacial score (nSPS) is 25.3. The first-order chi connectivity index (χ1) is 16.2. The van der Waals surface area contributed by atoms with Crippen molar-refractivity contribution in [1.82, 2.24) is 5.32 Å². The van der Waals surface area contributed by atoms with Gasteiger partial charge in [0.05, 0.1) is 11.1 Å². The molecule has 2 aromatic carbocycles. The minimum Gasteiger partial charge on any atom is -0.509 e. The van der Waals surface area contributed by atoms with E-state index >= 15 is 4.39 Å². The Kier molecular flexibility index (Phi) is 5.92. The summed E-state index contributed by atoms with van der Waals surface area (Å²) in [5, 5.41) is 23.7. The summed E-state index contributed by atoms with van der Waals surface area (Å²) < 4.78 is 82.2. The van der Waals surface area contributed by atoms with Crippen molar-refractivity contribution < 1.29 is 41.4 Å². The minimum absolute atomic E-state index is 0.0492. The third kappa shape index (κ3) is 3.78. The molecule has 188 valence electrons. The van der Waals surface area contributed by atoms with Crippen LogP contribution in [0.25, 0.3) is 16.7 Å². The van der Waals surface area contributed by atoms with E-state index in [1.807, 2.05) is 0 Å². The number of rotatable bonds is 3. The van der Waals surface area contributed by atoms with Crippen molar-refractivity contribution in [2.45, 2.75) is 55.8 Å². The van der Waals surface area contributed by atoms with Gasteiger partial charge in [0.2, 0.25) is 0 Å². The van der Waals surface area contributed by atoms with Crippen LogP contribution in [0.15, 0.2) is 42.2 Å². The van der Waals surface area contributed by atoms with Gasteiger partial charge in [0, 0.05) is 16.1 Å². The SMILES string of the molecule is Cc1c(Cl)cc(-c2ccccc2)c(F)c1C1=C(O)C2(CCC(O)(C(F)(F)C(F)(F)F)CC2)NC1=O. The minimum atomic E-state index is -5.98. The molecule has 1 aliphatic heterocycles. The Bertz CT molecular complexity index is 1220. The summed E-state index contributed by atoms with van der Waals surface area (Å²) >= 11 is 6.30. The summed E-state index contributed by atoms with van der Waals surface area (Å²) in [7, 11) is 0. The molecule has 0 bridgehead atoms. The molecule has 1 spiro atoms. The van der Waals surface area contributed by atoms with Gasteiger partial charge < -0.3 is 15.5 Å². The molecule has 2 aliphatic rings. The molecule has 4 nitrogen and oxygen atoms in total. The van der Waals surface area contributed by atoms with Gasteiger partial charge in [-0.05, 0) is 49.8 Å². The number of alkyl halides is 5. The molecular formula is C24H20ClF6NO3. The molecule has 0 radical (unpaired) electrons. The van der Waals surface area contributed by atoms with Crippen LogP contribution in [0.4, 0.5) is 26.3 Å². The van der Waals surface area contributed by atoms with Crippen molar-refractivity contribution in [3.05, 3.63) is 64.1 Å². The molecule has 1 fully saturated rings. The van der Waals surface area contributed by atoms with Crippen molar-refractivity contribution in [1.29, 1.82) is 0 Å². The Hall–Kier alpha value is -2.72. The van der Waals surface area contributed by atoms with Crippen molar-refractivity contribution in [2.24, 2.45) is 0 Å². The summed E-state index contributed by atoms with van der Waals surface area (Å²) in [5.74, 6) is -7.88. The standard InChI is InChI=1S/C24H20ClF6NO3/c1-12-15(25)11-14(13-5-3-2-4-6-13)18(26)16(12)17-19(33)21(32-20(17)34)7-9-22(35,10-8-21)23(27,28)24(29,30)31/h2-6,11,33,35H,7-10H2,1H3,(H,32,34). The van der Waals surface area contributed by atoms with Crippen molar-refractivity contribution >= 4 is 23.1 Å². The van der Waals surface area contributed by atoms with Gasteiger partial charge in [-0.25, -0.2) is 4.39 Å². The Balaban J connectivity index is 1.78. The molecule has 1 saturated carbocycles. The molecule has 0 unspecified atom stereocenters. The van der Waals surface area contributed by atoms with E-state index in [-0.39, 0.29) is 21.7 Å². The molecule has 35 heavy (non-hydrogen) atoms. The second-order valence-electron chi connectivity index (χ2n) is 8.95. The highest BCUT2D eigenvalue weighted by Gasteiger charge is 2.71. The van der Waals surface area contributed by atoms with Crippen LogP contribution in [0.1, 0.15) is 36.8 Å². The quantitative estimate of drug-likeness (QED) is 0.430. The van der Waals surface area contributed by atoms with E-state index in [4.69, 9.17) is 11.6 Å². The van der Waals surface area contributed by atoms with Gasteiger partial charge in [-0.2, -0.15) is 22.0 Å². The zero-order chi connectivity index (χ0) is 26.0. The van der Waals surface area contributed by atoms with Gasteiger partial charge in [0.25, 0.3) is 5.91 Å². The molecule has 1 aliphatic carbocycles. The number of nitrogens with one attached hydrogen (secondary N) is 1. The predicted octanol–water partition coefficient (Wildman–Crippen LogP) is 6.09. The third-order valence-electron chi connectivity index (χ3n) is 6.94. The van der Waals surface area contributed by atoms with Crippen LogP contribution in [-0.2, 0) is 4.79 Å². The summed E-state index contributed by atoms with van der Waals surface area (Å²) in [6.07, 6.45) is -9.36. The van der Waals surface area contributed by atoms with Crippen LogP contribution >= 0.6 is 11.6 Å². The lowest BCUT2D eigenvalue weighted by Gasteiger charge is -2.45. The first kappa shape index (κ1) is 25.4. The number of halogens is 7. The lowest BCUT2D eigenvalue weighted by molar-refractivity contribution is -0.347. The topological polar surface area (TPSA) is 69.6 Å². The highest BCUT2D eigenvalue weighted by atomic mass is 35.5. The molecule has 0 saturated heterocycles. The fourth-order valence-electron chi connectivity index (χ4n) is 4.79. The van der Waals surface area contributed by atoms with Crippen LogP contribution < -0.4 is 5.32 Å². The number of hydrogen-bond donors (Lipinski definition) is 3. The summed E-state index contributed by atoms with van der Waals surface area (Å²) in [6, 6.07) is 9.63. The Labute approximate surface area is 201 Å². The van der Waals surface area contributed by atoms with Gasteiger partial charge in [-0.1, -0.05) is 41.9 Å². The number of hydrogen-bond acceptors (Lipinski definition) is 3. The molecule has 4 rings (SSSR count). The zero-order valence-corrected chi connectivity index (χ0v) is 19.0. The van der Waals surface area contributed by atoms with Crippen LogP contribution in [0.5, 0.6) is 0 Å². The average molecular weight is 520 g/mol. The molecule has 11 heteroatoms. The van der Waals surface area contributed by atoms with E-state index in [1.54, 1.807) is 30.3 Å². The monoisotopic (exact) mass is 519 g/mol. The van der Waals surface area contributed by atoms with Gasteiger partial charge in [-0.3, -0.25) is 4.79 Å². The van der Waals surface area contributed by atoms with Crippen LogP contribution in [0.2, 0.25) is 5.02 Å². The third-order valence-corrected chi connectivity index (χ3v) is 7.33. The predicted molar refractivity (Wildman–Crippen MR) is 116 cm³/mol. The maximum Gasteiger partial charge on any atom is 0.456 e. The smallest absolute Gasteiger partial charge is 0.456 e. The van der Waals surface area contributed by atoms with Gasteiger partial charge in [-0.15, -0.1) is 0 Å². The Morgan fingerprint density at radius 1 is 1.03 bits per heavy atom. The van der Waals surface area contributed by atoms with Crippen molar-refractivity contribution in [2.75, 3.05) is 0 Å². The molecule has 0 atom stereocenters. The largest absolute Gasteiger partial charge is 0.509 e. The summed E-state index contributed by atoms with van der Waals surface area (Å²) in [5.41, 5.74) is -5.30. The second kappa shape index (κ2) is 8.16. The van der Waals surface area contributed by atoms with Crippen LogP contribution in [0, 0.1) is 12.7 Å². The first-order valence-electron chi connectivity index (χ1n) is 10.6. The van der Waals surface area contributed by atoms with Crippen molar-refractivity contribution in [3.8, 4) is 11.1 Å². The number of aliphatic hydroxyl groups is 2.